The average molecular weight is 605 g/mol. The normalized spacial score (nSPS) is 17.2. The smallest absolute Gasteiger partial charge is 0.418 e. The number of anilines is 1. The molecule has 0 spiro atoms. The molecular weight excluding hydrogens is 577 g/mol. The standard InChI is InChI=1S/C31H27F3N6O4/c1-41-23-10-9-20(31(32,33)34)25(38-23)18-5-3-17(4-6-18)22-15-43-14-12-40(22)29-27-21(11-13-44-27)37-28(39-29)24-26(19-7-8-19)35-16-36-30(24)42-2/h3-6,9-11,13,16,19,22H,7-8,12,14-15H2,1-2H3. The molecule has 1 saturated heterocycles. The number of alkyl halides is 3. The van der Waals surface area contributed by atoms with Crippen LogP contribution in [0.1, 0.15) is 41.6 Å². The lowest BCUT2D eigenvalue weighted by atomic mass is 9.99. The van der Waals surface area contributed by atoms with Crippen LogP contribution in [0, 0.1) is 0 Å². The molecule has 1 aliphatic heterocycles. The Morgan fingerprint density at radius 1 is 0.932 bits per heavy atom. The Morgan fingerprint density at radius 2 is 1.75 bits per heavy atom. The lowest BCUT2D eigenvalue weighted by Gasteiger charge is -2.36. The van der Waals surface area contributed by atoms with Crippen molar-refractivity contribution in [3.8, 4) is 34.4 Å². The Balaban J connectivity index is 1.29. The second-order valence-corrected chi connectivity index (χ2v) is 10.6. The number of fused-ring (bicyclic) bond motifs is 1. The third kappa shape index (κ3) is 5.06. The first-order chi connectivity index (χ1) is 21.4. The average Bonchev–Trinajstić information content (AvgIpc) is 3.79. The number of methoxy groups -OCH3 is 2. The highest BCUT2D eigenvalue weighted by Gasteiger charge is 2.36. The third-order valence-corrected chi connectivity index (χ3v) is 7.86. The summed E-state index contributed by atoms with van der Waals surface area (Å²) >= 11 is 0. The van der Waals surface area contributed by atoms with E-state index in [2.05, 4.69) is 19.9 Å². The van der Waals surface area contributed by atoms with E-state index in [-0.39, 0.29) is 17.6 Å². The van der Waals surface area contributed by atoms with Crippen molar-refractivity contribution in [1.29, 1.82) is 0 Å². The fraction of sp³-hybridized carbons (Fsp3) is 0.323. The van der Waals surface area contributed by atoms with Crippen LogP contribution in [0.3, 0.4) is 0 Å². The van der Waals surface area contributed by atoms with E-state index in [0.717, 1.165) is 30.2 Å². The van der Waals surface area contributed by atoms with Crippen molar-refractivity contribution in [2.75, 3.05) is 38.9 Å². The van der Waals surface area contributed by atoms with Gasteiger partial charge in [0.15, 0.2) is 17.2 Å². The molecule has 0 bridgehead atoms. The molecule has 1 unspecified atom stereocenters. The lowest BCUT2D eigenvalue weighted by Crippen LogP contribution is -2.40. The molecule has 7 rings (SSSR count). The van der Waals surface area contributed by atoms with E-state index in [1.54, 1.807) is 43.7 Å². The number of furan rings is 1. The van der Waals surface area contributed by atoms with Gasteiger partial charge < -0.3 is 23.5 Å². The van der Waals surface area contributed by atoms with E-state index in [1.807, 2.05) is 0 Å². The van der Waals surface area contributed by atoms with Crippen LogP contribution in [0.15, 0.2) is 59.5 Å². The Morgan fingerprint density at radius 3 is 2.48 bits per heavy atom. The number of hydrogen-bond donors (Lipinski definition) is 0. The lowest BCUT2D eigenvalue weighted by molar-refractivity contribution is -0.137. The van der Waals surface area contributed by atoms with Gasteiger partial charge in [-0.15, -0.1) is 0 Å². The van der Waals surface area contributed by atoms with Gasteiger partial charge in [-0.25, -0.2) is 24.9 Å². The minimum atomic E-state index is -4.58. The number of ether oxygens (including phenoxy) is 3. The molecule has 1 aromatic carbocycles. The predicted octanol–water partition coefficient (Wildman–Crippen LogP) is 6.23. The zero-order chi connectivity index (χ0) is 30.4. The molecule has 1 aliphatic carbocycles. The summed E-state index contributed by atoms with van der Waals surface area (Å²) < 4.78 is 63.9. The molecule has 5 aromatic rings. The van der Waals surface area contributed by atoms with E-state index < -0.39 is 11.7 Å². The van der Waals surface area contributed by atoms with Crippen LogP contribution in [-0.2, 0) is 10.9 Å². The number of aromatic nitrogens is 5. The van der Waals surface area contributed by atoms with Crippen LogP contribution < -0.4 is 14.4 Å². The maximum atomic E-state index is 13.8. The van der Waals surface area contributed by atoms with Crippen molar-refractivity contribution in [1.82, 2.24) is 24.9 Å². The van der Waals surface area contributed by atoms with Gasteiger partial charge in [-0.3, -0.25) is 0 Å². The second-order valence-electron chi connectivity index (χ2n) is 10.6. The maximum absolute atomic E-state index is 13.8. The van der Waals surface area contributed by atoms with Crippen molar-refractivity contribution in [2.24, 2.45) is 0 Å². The largest absolute Gasteiger partial charge is 0.481 e. The highest BCUT2D eigenvalue weighted by atomic mass is 19.4. The Bertz CT molecular complexity index is 1820. The molecule has 1 saturated carbocycles. The van der Waals surface area contributed by atoms with Gasteiger partial charge in [0.1, 0.15) is 17.4 Å². The van der Waals surface area contributed by atoms with Gasteiger partial charge in [-0.1, -0.05) is 24.3 Å². The Labute approximate surface area is 249 Å². The summed E-state index contributed by atoms with van der Waals surface area (Å²) in [6.07, 6.45) is 0.521. The van der Waals surface area contributed by atoms with Crippen molar-refractivity contribution in [2.45, 2.75) is 31.0 Å². The van der Waals surface area contributed by atoms with Crippen molar-refractivity contribution in [3.63, 3.8) is 0 Å². The maximum Gasteiger partial charge on any atom is 0.418 e. The summed E-state index contributed by atoms with van der Waals surface area (Å²) in [5.74, 6) is 1.78. The van der Waals surface area contributed by atoms with Gasteiger partial charge in [-0.2, -0.15) is 13.2 Å². The van der Waals surface area contributed by atoms with E-state index in [9.17, 15) is 13.2 Å². The summed E-state index contributed by atoms with van der Waals surface area (Å²) in [4.78, 5) is 24.9. The molecule has 10 nitrogen and oxygen atoms in total. The molecule has 2 aliphatic rings. The van der Waals surface area contributed by atoms with Crippen LogP contribution in [0.2, 0.25) is 0 Å². The fourth-order valence-corrected chi connectivity index (χ4v) is 5.57. The molecular formula is C31H27F3N6O4. The third-order valence-electron chi connectivity index (χ3n) is 7.86. The molecule has 4 aromatic heterocycles. The van der Waals surface area contributed by atoms with Crippen LogP contribution in [0.25, 0.3) is 33.7 Å². The van der Waals surface area contributed by atoms with Gasteiger partial charge in [0, 0.05) is 30.2 Å². The van der Waals surface area contributed by atoms with Gasteiger partial charge in [0.05, 0.1) is 56.7 Å². The topological polar surface area (TPSA) is 109 Å². The van der Waals surface area contributed by atoms with Gasteiger partial charge >= 0.3 is 6.18 Å². The molecule has 0 N–H and O–H groups in total. The van der Waals surface area contributed by atoms with E-state index in [4.69, 9.17) is 28.6 Å². The summed E-state index contributed by atoms with van der Waals surface area (Å²) in [6, 6.07) is 10.5. The highest BCUT2D eigenvalue weighted by Crippen LogP contribution is 2.46. The van der Waals surface area contributed by atoms with Crippen molar-refractivity contribution >= 4 is 16.9 Å². The van der Waals surface area contributed by atoms with Crippen LogP contribution in [0.5, 0.6) is 11.8 Å². The quantitative estimate of drug-likeness (QED) is 0.212. The highest BCUT2D eigenvalue weighted by molar-refractivity contribution is 5.87. The van der Waals surface area contributed by atoms with Gasteiger partial charge in [0.25, 0.3) is 0 Å². The molecule has 0 amide bonds. The van der Waals surface area contributed by atoms with E-state index >= 15 is 0 Å². The Kier molecular flexibility index (Phi) is 7.04. The molecule has 44 heavy (non-hydrogen) atoms. The number of nitrogens with zero attached hydrogens (tertiary/aromatic N) is 6. The number of benzene rings is 1. The Hall–Kier alpha value is -4.78. The summed E-state index contributed by atoms with van der Waals surface area (Å²) in [7, 11) is 2.92. The number of hydrogen-bond acceptors (Lipinski definition) is 10. The molecule has 226 valence electrons. The summed E-state index contributed by atoms with van der Waals surface area (Å²) in [5, 5.41) is 0. The van der Waals surface area contributed by atoms with Crippen LogP contribution in [0.4, 0.5) is 19.0 Å². The first-order valence-corrected chi connectivity index (χ1v) is 14.1. The monoisotopic (exact) mass is 604 g/mol. The number of pyridine rings is 1. The number of morpholine rings is 1. The van der Waals surface area contributed by atoms with Crippen molar-refractivity contribution < 1.29 is 31.8 Å². The first kappa shape index (κ1) is 28.0. The number of rotatable bonds is 7. The minimum absolute atomic E-state index is 0.0938. The first-order valence-electron chi connectivity index (χ1n) is 14.1. The predicted molar refractivity (Wildman–Crippen MR) is 153 cm³/mol. The van der Waals surface area contributed by atoms with E-state index in [0.29, 0.717) is 65.4 Å². The number of halogens is 3. The van der Waals surface area contributed by atoms with Gasteiger partial charge in [-0.05, 0) is 24.5 Å². The summed E-state index contributed by atoms with van der Waals surface area (Å²) in [6.45, 7) is 1.27. The molecule has 1 atom stereocenters. The van der Waals surface area contributed by atoms with Crippen molar-refractivity contribution in [3.05, 3.63) is 71.9 Å². The molecule has 5 heterocycles. The van der Waals surface area contributed by atoms with Crippen LogP contribution >= 0.6 is 0 Å². The van der Waals surface area contributed by atoms with Gasteiger partial charge in [0.2, 0.25) is 11.8 Å². The molecule has 2 fully saturated rings. The second kappa shape index (κ2) is 11.1. The molecule has 0 radical (unpaired) electrons. The minimum Gasteiger partial charge on any atom is -0.481 e. The zero-order valence-electron chi connectivity index (χ0n) is 23.8. The fourth-order valence-electron chi connectivity index (χ4n) is 5.57. The molecule has 13 heteroatoms. The zero-order valence-corrected chi connectivity index (χ0v) is 23.8. The van der Waals surface area contributed by atoms with Crippen LogP contribution in [-0.4, -0.2) is 58.9 Å². The SMILES string of the molecule is COc1ccc(C(F)(F)F)c(-c2ccc(C3COCCN3c3nc(-c4c(OC)ncnc4C4CC4)nc4ccoc34)cc2)n1. The van der Waals surface area contributed by atoms with E-state index in [1.165, 1.54) is 19.5 Å². The summed E-state index contributed by atoms with van der Waals surface area (Å²) in [5.41, 5.74) is 2.72.